The van der Waals surface area contributed by atoms with Crippen LogP contribution >= 0.6 is 8.19 Å². The van der Waals surface area contributed by atoms with Crippen LogP contribution in [0.3, 0.4) is 0 Å². The first-order valence-electron chi connectivity index (χ1n) is 5.95. The van der Waals surface area contributed by atoms with Crippen molar-refractivity contribution >= 4 is 8.19 Å². The highest BCUT2D eigenvalue weighted by Crippen LogP contribution is 2.40. The maximum atomic E-state index is 2.49. The van der Waals surface area contributed by atoms with Crippen molar-refractivity contribution in [2.24, 2.45) is 0 Å². The van der Waals surface area contributed by atoms with E-state index in [0.29, 0.717) is 5.41 Å². The predicted molar refractivity (Wildman–Crippen MR) is 65.6 cm³/mol. The van der Waals surface area contributed by atoms with Gasteiger partial charge in [0.25, 0.3) is 0 Å². The van der Waals surface area contributed by atoms with Crippen molar-refractivity contribution in [1.82, 2.24) is 0 Å². The summed E-state index contributed by atoms with van der Waals surface area (Å²) < 4.78 is 0. The normalized spacial score (nSPS) is 23.2. The number of hydrogen-bond donors (Lipinski definition) is 0. The fourth-order valence-electron chi connectivity index (χ4n) is 2.66. The minimum Gasteiger partial charge on any atom is -0.136 e. The van der Waals surface area contributed by atoms with E-state index in [0.717, 1.165) is 8.19 Å². The molecule has 0 radical (unpaired) electrons. The first-order chi connectivity index (χ1) is 6.81. The van der Waals surface area contributed by atoms with Gasteiger partial charge in [0.15, 0.2) is 0 Å². The van der Waals surface area contributed by atoms with Crippen molar-refractivity contribution in [3.63, 3.8) is 0 Å². The van der Waals surface area contributed by atoms with Crippen LogP contribution in [0.2, 0.25) is 0 Å². The van der Waals surface area contributed by atoms with Gasteiger partial charge in [0, 0.05) is 0 Å². The Hall–Kier alpha value is -0.220. The molecule has 1 fully saturated rings. The highest BCUT2D eigenvalue weighted by Gasteiger charge is 2.26. The first-order valence-corrected chi connectivity index (χ1v) is 7.03. The highest BCUT2D eigenvalue weighted by molar-refractivity contribution is 7.30. The van der Waals surface area contributed by atoms with Gasteiger partial charge in [0.05, 0.1) is 0 Å². The predicted octanol–water partition coefficient (Wildman–Crippen LogP) is 4.72. The maximum Gasteiger partial charge on any atom is -0.00404 e. The lowest BCUT2D eigenvalue weighted by Crippen LogP contribution is -2.21. The second kappa shape index (κ2) is 4.53. The van der Waals surface area contributed by atoms with Crippen LogP contribution in [0, 0.1) is 0 Å². The van der Waals surface area contributed by atoms with Gasteiger partial charge >= 0.3 is 0 Å². The minimum absolute atomic E-state index is 0.544. The Morgan fingerprint density at radius 1 is 1.07 bits per heavy atom. The Bertz CT molecular complexity index is 253. The third-order valence-electron chi connectivity index (χ3n) is 3.71. The molecule has 2 rings (SSSR count). The monoisotopic (exact) mass is 208 g/mol. The van der Waals surface area contributed by atoms with E-state index in [4.69, 9.17) is 0 Å². The standard InChI is InChI=1S/C13H21P/c1-13(12-8-7-11-14-12)9-5-3-2-4-6-10-13/h7-8,11,14H,2-6,9-10H2,1H3. The highest BCUT2D eigenvalue weighted by atomic mass is 31.0. The number of hydrogen-bond acceptors (Lipinski definition) is 0. The molecule has 0 amide bonds. The molecule has 1 unspecified atom stereocenters. The first kappa shape index (κ1) is 10.3. The number of rotatable bonds is 1. The topological polar surface area (TPSA) is 0 Å². The molecule has 1 heterocycles. The van der Waals surface area contributed by atoms with Crippen LogP contribution in [0.15, 0.2) is 17.9 Å². The van der Waals surface area contributed by atoms with Crippen LogP contribution in [0.25, 0.3) is 0 Å². The zero-order valence-electron chi connectivity index (χ0n) is 9.18. The summed E-state index contributed by atoms with van der Waals surface area (Å²) in [5.74, 6) is 2.33. The fraction of sp³-hybridized carbons (Fsp3) is 0.692. The minimum atomic E-state index is 0.544. The van der Waals surface area contributed by atoms with Gasteiger partial charge in [-0.2, -0.15) is 0 Å². The van der Waals surface area contributed by atoms with Crippen molar-refractivity contribution in [3.05, 3.63) is 23.2 Å². The Kier molecular flexibility index (Phi) is 3.34. The van der Waals surface area contributed by atoms with Gasteiger partial charge in [0.1, 0.15) is 0 Å². The van der Waals surface area contributed by atoms with Crippen LogP contribution in [0.5, 0.6) is 0 Å². The third-order valence-corrected chi connectivity index (χ3v) is 5.15. The molecule has 1 heteroatoms. The van der Waals surface area contributed by atoms with Crippen molar-refractivity contribution < 1.29 is 0 Å². The Labute approximate surface area is 89.2 Å². The molecule has 1 saturated carbocycles. The van der Waals surface area contributed by atoms with Gasteiger partial charge < -0.3 is 0 Å². The summed E-state index contributed by atoms with van der Waals surface area (Å²) in [5, 5.41) is 1.72. The summed E-state index contributed by atoms with van der Waals surface area (Å²) in [5.41, 5.74) is 0.544. The van der Waals surface area contributed by atoms with Gasteiger partial charge in [-0.3, -0.25) is 0 Å². The molecule has 1 aliphatic rings. The molecule has 0 N–H and O–H groups in total. The van der Waals surface area contributed by atoms with E-state index < -0.39 is 0 Å². The van der Waals surface area contributed by atoms with Crippen molar-refractivity contribution in [1.29, 1.82) is 0 Å². The van der Waals surface area contributed by atoms with E-state index in [-0.39, 0.29) is 0 Å². The Balaban J connectivity index is 2.11. The molecular weight excluding hydrogens is 187 g/mol. The van der Waals surface area contributed by atoms with Crippen LogP contribution in [-0.4, -0.2) is 0 Å². The molecule has 0 bridgehead atoms. The molecule has 1 aromatic heterocycles. The van der Waals surface area contributed by atoms with Crippen LogP contribution in [-0.2, 0) is 5.41 Å². The summed E-state index contributed by atoms with van der Waals surface area (Å²) in [6.45, 7) is 2.49. The molecule has 0 aromatic carbocycles. The lowest BCUT2D eigenvalue weighted by Gasteiger charge is -2.31. The van der Waals surface area contributed by atoms with Crippen LogP contribution < -0.4 is 0 Å². The molecule has 1 aliphatic carbocycles. The van der Waals surface area contributed by atoms with Crippen molar-refractivity contribution in [2.75, 3.05) is 0 Å². The lowest BCUT2D eigenvalue weighted by atomic mass is 9.77. The van der Waals surface area contributed by atoms with Gasteiger partial charge in [-0.05, 0) is 29.4 Å². The van der Waals surface area contributed by atoms with E-state index in [2.05, 4.69) is 24.9 Å². The molecule has 0 nitrogen and oxygen atoms in total. The van der Waals surface area contributed by atoms with Crippen LogP contribution in [0.1, 0.15) is 57.2 Å². The van der Waals surface area contributed by atoms with Gasteiger partial charge in [-0.25, -0.2) is 0 Å². The molecule has 14 heavy (non-hydrogen) atoms. The largest absolute Gasteiger partial charge is 0.136 e. The lowest BCUT2D eigenvalue weighted by molar-refractivity contribution is 0.346. The van der Waals surface area contributed by atoms with E-state index in [1.165, 1.54) is 44.9 Å². The smallest absolute Gasteiger partial charge is 0.00404 e. The molecular formula is C13H21P. The zero-order chi connectivity index (χ0) is 9.86. The molecule has 0 saturated heterocycles. The van der Waals surface area contributed by atoms with Crippen molar-refractivity contribution in [2.45, 2.75) is 57.3 Å². The van der Waals surface area contributed by atoms with E-state index in [1.807, 2.05) is 0 Å². The fourth-order valence-corrected chi connectivity index (χ4v) is 3.82. The second-order valence-electron chi connectivity index (χ2n) is 4.91. The average molecular weight is 208 g/mol. The summed E-state index contributed by atoms with van der Waals surface area (Å²) in [4.78, 5) is 0. The summed E-state index contributed by atoms with van der Waals surface area (Å²) in [6.07, 6.45) is 10.1. The average Bonchev–Trinajstić information content (AvgIpc) is 2.65. The van der Waals surface area contributed by atoms with Gasteiger partial charge in [0.2, 0.25) is 0 Å². The summed E-state index contributed by atoms with van der Waals surface area (Å²) in [6, 6.07) is 4.62. The Morgan fingerprint density at radius 3 is 2.29 bits per heavy atom. The molecule has 1 atom stereocenters. The summed E-state index contributed by atoms with van der Waals surface area (Å²) in [7, 11) is 0.977. The SMILES string of the molecule is CC1(c2ccc[pH]2)CCCCCCC1. The quantitative estimate of drug-likeness (QED) is 0.626. The van der Waals surface area contributed by atoms with E-state index in [9.17, 15) is 0 Å². The van der Waals surface area contributed by atoms with E-state index in [1.54, 1.807) is 5.30 Å². The molecule has 78 valence electrons. The second-order valence-corrected chi connectivity index (χ2v) is 6.07. The molecule has 0 aliphatic heterocycles. The molecule has 0 spiro atoms. The summed E-state index contributed by atoms with van der Waals surface area (Å²) >= 11 is 0. The zero-order valence-corrected chi connectivity index (χ0v) is 10.2. The van der Waals surface area contributed by atoms with Gasteiger partial charge in [-0.1, -0.05) is 51.2 Å². The third kappa shape index (κ3) is 2.23. The van der Waals surface area contributed by atoms with Crippen molar-refractivity contribution in [3.8, 4) is 0 Å². The van der Waals surface area contributed by atoms with E-state index >= 15 is 0 Å². The van der Waals surface area contributed by atoms with Crippen LogP contribution in [0.4, 0.5) is 0 Å². The molecule has 1 aromatic rings. The Morgan fingerprint density at radius 2 is 1.71 bits per heavy atom. The maximum absolute atomic E-state index is 2.49. The van der Waals surface area contributed by atoms with Gasteiger partial charge in [-0.15, -0.1) is 8.19 Å².